The van der Waals surface area contributed by atoms with Crippen LogP contribution in [0.5, 0.6) is 0 Å². The number of methoxy groups -OCH3 is 1. The average Bonchev–Trinajstić information content (AvgIpc) is 2.49. The van der Waals surface area contributed by atoms with Crippen molar-refractivity contribution < 1.29 is 9.13 Å². The first kappa shape index (κ1) is 16.3. The Morgan fingerprint density at radius 2 is 2.14 bits per heavy atom. The zero-order chi connectivity index (χ0) is 15.2. The number of nitrogens with zero attached hydrogens (tertiary/aromatic N) is 2. The van der Waals surface area contributed by atoms with Gasteiger partial charge in [0.15, 0.2) is 0 Å². The molecule has 0 radical (unpaired) electrons. The van der Waals surface area contributed by atoms with Crippen molar-refractivity contribution in [3.63, 3.8) is 0 Å². The fourth-order valence-electron chi connectivity index (χ4n) is 2.97. The summed E-state index contributed by atoms with van der Waals surface area (Å²) in [5, 5.41) is 0. The number of aromatic nitrogens is 1. The molecule has 2 atom stereocenters. The zero-order valence-corrected chi connectivity index (χ0v) is 13.0. The van der Waals surface area contributed by atoms with E-state index in [0.717, 1.165) is 31.9 Å². The van der Waals surface area contributed by atoms with Crippen LogP contribution in [0.4, 0.5) is 4.39 Å². The smallest absolute Gasteiger partial charge is 0.141 e. The summed E-state index contributed by atoms with van der Waals surface area (Å²) in [6.45, 7) is 6.16. The molecule has 0 saturated carbocycles. The Bertz CT molecular complexity index is 418. The minimum atomic E-state index is -0.321. The van der Waals surface area contributed by atoms with Crippen LogP contribution < -0.4 is 5.73 Å². The lowest BCUT2D eigenvalue weighted by Crippen LogP contribution is -2.39. The molecule has 2 rings (SSSR count). The molecule has 1 aliphatic rings. The van der Waals surface area contributed by atoms with Gasteiger partial charge in [-0.1, -0.05) is 6.92 Å². The molecule has 1 aromatic rings. The predicted molar refractivity (Wildman–Crippen MR) is 81.3 cm³/mol. The Morgan fingerprint density at radius 3 is 2.71 bits per heavy atom. The molecule has 5 heteroatoms. The minimum absolute atomic E-state index is 0.151. The molecule has 0 aliphatic carbocycles. The highest BCUT2D eigenvalue weighted by Gasteiger charge is 2.23. The van der Waals surface area contributed by atoms with Gasteiger partial charge >= 0.3 is 0 Å². The van der Waals surface area contributed by atoms with Crippen molar-refractivity contribution in [2.45, 2.75) is 25.8 Å². The lowest BCUT2D eigenvalue weighted by molar-refractivity contribution is 0.0915. The van der Waals surface area contributed by atoms with Gasteiger partial charge in [-0.3, -0.25) is 4.98 Å². The molecular weight excluding hydrogens is 269 g/mol. The quantitative estimate of drug-likeness (QED) is 0.874. The second kappa shape index (κ2) is 7.82. The number of nitrogens with two attached hydrogens (primary N) is 1. The third-order valence-electron chi connectivity index (χ3n) is 4.36. The van der Waals surface area contributed by atoms with Crippen LogP contribution in [0.25, 0.3) is 0 Å². The van der Waals surface area contributed by atoms with Crippen LogP contribution in [0.3, 0.4) is 0 Å². The van der Waals surface area contributed by atoms with E-state index >= 15 is 0 Å². The number of rotatable bonds is 6. The first-order valence-corrected chi connectivity index (χ1v) is 7.68. The first-order valence-electron chi connectivity index (χ1n) is 7.68. The van der Waals surface area contributed by atoms with Crippen LogP contribution in [-0.2, 0) is 4.74 Å². The maximum absolute atomic E-state index is 12.9. The SMILES string of the molecule is COCC1CCN(CC(C)C(N)c2ccc(F)cn2)CC1. The number of hydrogen-bond donors (Lipinski definition) is 1. The molecule has 1 aliphatic heterocycles. The van der Waals surface area contributed by atoms with E-state index in [1.165, 1.54) is 25.1 Å². The second-order valence-corrected chi connectivity index (χ2v) is 6.10. The summed E-state index contributed by atoms with van der Waals surface area (Å²) in [5.41, 5.74) is 7.01. The Morgan fingerprint density at radius 1 is 1.43 bits per heavy atom. The third kappa shape index (κ3) is 4.73. The topological polar surface area (TPSA) is 51.4 Å². The summed E-state index contributed by atoms with van der Waals surface area (Å²) >= 11 is 0. The van der Waals surface area contributed by atoms with Crippen molar-refractivity contribution in [2.24, 2.45) is 17.6 Å². The van der Waals surface area contributed by atoms with Crippen molar-refractivity contribution in [3.05, 3.63) is 29.8 Å². The molecule has 21 heavy (non-hydrogen) atoms. The molecule has 2 unspecified atom stereocenters. The Labute approximate surface area is 126 Å². The molecule has 0 aromatic carbocycles. The summed E-state index contributed by atoms with van der Waals surface area (Å²) in [7, 11) is 1.77. The molecule has 4 nitrogen and oxygen atoms in total. The summed E-state index contributed by atoms with van der Waals surface area (Å²) in [4.78, 5) is 6.55. The van der Waals surface area contributed by atoms with Crippen LogP contribution >= 0.6 is 0 Å². The molecule has 0 spiro atoms. The monoisotopic (exact) mass is 295 g/mol. The summed E-state index contributed by atoms with van der Waals surface area (Å²) in [6, 6.07) is 2.95. The normalized spacial score (nSPS) is 20.4. The van der Waals surface area contributed by atoms with Crippen molar-refractivity contribution >= 4 is 0 Å². The molecule has 0 bridgehead atoms. The van der Waals surface area contributed by atoms with Crippen LogP contribution in [0.2, 0.25) is 0 Å². The number of hydrogen-bond acceptors (Lipinski definition) is 4. The van der Waals surface area contributed by atoms with Gasteiger partial charge in [-0.25, -0.2) is 4.39 Å². The van der Waals surface area contributed by atoms with Crippen molar-refractivity contribution in [3.8, 4) is 0 Å². The van der Waals surface area contributed by atoms with E-state index in [1.54, 1.807) is 13.2 Å². The minimum Gasteiger partial charge on any atom is -0.384 e. The van der Waals surface area contributed by atoms with E-state index < -0.39 is 0 Å². The van der Waals surface area contributed by atoms with E-state index in [1.807, 2.05) is 0 Å². The van der Waals surface area contributed by atoms with Gasteiger partial charge in [0.05, 0.1) is 17.9 Å². The Balaban J connectivity index is 1.81. The first-order chi connectivity index (χ1) is 10.1. The fraction of sp³-hybridized carbons (Fsp3) is 0.688. The highest BCUT2D eigenvalue weighted by Crippen LogP contribution is 2.22. The van der Waals surface area contributed by atoms with E-state index in [-0.39, 0.29) is 11.9 Å². The number of likely N-dealkylation sites (tertiary alicyclic amines) is 1. The standard InChI is InChI=1S/C16H26FN3O/c1-12(16(18)15-4-3-14(17)9-19-15)10-20-7-5-13(6-8-20)11-21-2/h3-4,9,12-13,16H,5-8,10-11,18H2,1-2H3. The third-order valence-corrected chi connectivity index (χ3v) is 4.36. The van der Waals surface area contributed by atoms with Crippen LogP contribution in [-0.4, -0.2) is 43.2 Å². The number of ether oxygens (including phenoxy) is 1. The molecule has 1 fully saturated rings. The average molecular weight is 295 g/mol. The van der Waals surface area contributed by atoms with Gasteiger partial charge in [0.25, 0.3) is 0 Å². The van der Waals surface area contributed by atoms with Gasteiger partial charge in [0, 0.05) is 20.3 Å². The van der Waals surface area contributed by atoms with E-state index in [2.05, 4.69) is 16.8 Å². The van der Waals surface area contributed by atoms with Gasteiger partial charge < -0.3 is 15.4 Å². The molecule has 118 valence electrons. The summed E-state index contributed by atoms with van der Waals surface area (Å²) < 4.78 is 18.1. The van der Waals surface area contributed by atoms with Crippen molar-refractivity contribution in [1.29, 1.82) is 0 Å². The van der Waals surface area contributed by atoms with E-state index in [4.69, 9.17) is 10.5 Å². The van der Waals surface area contributed by atoms with Gasteiger partial charge in [-0.05, 0) is 49.9 Å². The van der Waals surface area contributed by atoms with Gasteiger partial charge in [0.2, 0.25) is 0 Å². The van der Waals surface area contributed by atoms with Gasteiger partial charge in [-0.2, -0.15) is 0 Å². The molecule has 1 saturated heterocycles. The number of piperidine rings is 1. The maximum Gasteiger partial charge on any atom is 0.141 e. The maximum atomic E-state index is 12.9. The van der Waals surface area contributed by atoms with E-state index in [0.29, 0.717) is 11.8 Å². The Hall–Kier alpha value is -1.04. The molecule has 1 aromatic heterocycles. The highest BCUT2D eigenvalue weighted by atomic mass is 19.1. The zero-order valence-electron chi connectivity index (χ0n) is 13.0. The molecule has 2 N–H and O–H groups in total. The number of pyridine rings is 1. The lowest BCUT2D eigenvalue weighted by atomic mass is 9.94. The molecule has 0 amide bonds. The summed E-state index contributed by atoms with van der Waals surface area (Å²) in [5.74, 6) is 0.662. The predicted octanol–water partition coefficient (Wildman–Crippen LogP) is 2.21. The largest absolute Gasteiger partial charge is 0.384 e. The van der Waals surface area contributed by atoms with Gasteiger partial charge in [0.1, 0.15) is 5.82 Å². The highest BCUT2D eigenvalue weighted by molar-refractivity contribution is 5.10. The fourth-order valence-corrected chi connectivity index (χ4v) is 2.97. The van der Waals surface area contributed by atoms with Crippen molar-refractivity contribution in [1.82, 2.24) is 9.88 Å². The number of halogens is 1. The molecular formula is C16H26FN3O. The van der Waals surface area contributed by atoms with Crippen LogP contribution in [0, 0.1) is 17.7 Å². The summed E-state index contributed by atoms with van der Waals surface area (Å²) in [6.07, 6.45) is 3.60. The molecule has 2 heterocycles. The lowest BCUT2D eigenvalue weighted by Gasteiger charge is -2.34. The van der Waals surface area contributed by atoms with E-state index in [9.17, 15) is 4.39 Å². The van der Waals surface area contributed by atoms with Gasteiger partial charge in [-0.15, -0.1) is 0 Å². The van der Waals surface area contributed by atoms with Crippen LogP contribution in [0.15, 0.2) is 18.3 Å². The Kier molecular flexibility index (Phi) is 6.08. The second-order valence-electron chi connectivity index (χ2n) is 6.10. The van der Waals surface area contributed by atoms with Crippen LogP contribution in [0.1, 0.15) is 31.5 Å². The van der Waals surface area contributed by atoms with Crippen molar-refractivity contribution in [2.75, 3.05) is 33.4 Å².